The van der Waals surface area contributed by atoms with Gasteiger partial charge in [0, 0.05) is 36.5 Å². The summed E-state index contributed by atoms with van der Waals surface area (Å²) in [6.45, 7) is 2.61. The van der Waals surface area contributed by atoms with Crippen LogP contribution in [0.25, 0.3) is 0 Å². The number of pyridine rings is 1. The molecule has 2 rings (SSSR count). The van der Waals surface area contributed by atoms with Gasteiger partial charge in [0.25, 0.3) is 0 Å². The second kappa shape index (κ2) is 6.29. The Bertz CT molecular complexity index is 531. The van der Waals surface area contributed by atoms with Crippen molar-refractivity contribution in [3.63, 3.8) is 0 Å². The maximum Gasteiger partial charge on any atom is 0.123 e. The van der Waals surface area contributed by atoms with Crippen molar-refractivity contribution in [2.75, 3.05) is 6.54 Å². The van der Waals surface area contributed by atoms with Gasteiger partial charge >= 0.3 is 0 Å². The van der Waals surface area contributed by atoms with E-state index in [4.69, 9.17) is 0 Å². The molecule has 0 aliphatic heterocycles. The van der Waals surface area contributed by atoms with E-state index in [1.165, 1.54) is 18.2 Å². The predicted molar refractivity (Wildman–Crippen MR) is 72.4 cm³/mol. The highest BCUT2D eigenvalue weighted by Gasteiger charge is 2.10. The van der Waals surface area contributed by atoms with Crippen molar-refractivity contribution < 1.29 is 9.50 Å². The van der Waals surface area contributed by atoms with Crippen LogP contribution in [0.5, 0.6) is 5.75 Å². The molecule has 1 heterocycles. The van der Waals surface area contributed by atoms with E-state index in [-0.39, 0.29) is 17.6 Å². The molecule has 0 saturated carbocycles. The third kappa shape index (κ3) is 3.76. The molecule has 0 saturated heterocycles. The standard InChI is InChI=1S/C15H17FN2O/c1-11(14-10-12(16)5-6-15(14)19)17-9-7-13-4-2-3-8-18-13/h2-6,8,10-11,17,19H,7,9H2,1H3. The van der Waals surface area contributed by atoms with Gasteiger partial charge in [0.2, 0.25) is 0 Å². The van der Waals surface area contributed by atoms with E-state index in [0.717, 1.165) is 12.1 Å². The van der Waals surface area contributed by atoms with E-state index >= 15 is 0 Å². The number of phenolic OH excluding ortho intramolecular Hbond substituents is 1. The second-order valence-electron chi connectivity index (χ2n) is 4.45. The maximum absolute atomic E-state index is 13.1. The molecule has 0 fully saturated rings. The minimum Gasteiger partial charge on any atom is -0.508 e. The Morgan fingerprint density at radius 2 is 2.16 bits per heavy atom. The zero-order valence-corrected chi connectivity index (χ0v) is 10.8. The molecule has 0 aliphatic carbocycles. The number of halogens is 1. The number of aromatic hydroxyl groups is 1. The summed E-state index contributed by atoms with van der Waals surface area (Å²) in [5.74, 6) is -0.231. The first-order chi connectivity index (χ1) is 9.16. The summed E-state index contributed by atoms with van der Waals surface area (Å²) < 4.78 is 13.1. The molecule has 1 aromatic carbocycles. The lowest BCUT2D eigenvalue weighted by Crippen LogP contribution is -2.21. The normalized spacial score (nSPS) is 12.3. The summed E-state index contributed by atoms with van der Waals surface area (Å²) in [6, 6.07) is 9.66. The van der Waals surface area contributed by atoms with Crippen LogP contribution in [-0.2, 0) is 6.42 Å². The Morgan fingerprint density at radius 1 is 1.32 bits per heavy atom. The Labute approximate surface area is 112 Å². The lowest BCUT2D eigenvalue weighted by Gasteiger charge is -2.15. The minimum absolute atomic E-state index is 0.110. The largest absolute Gasteiger partial charge is 0.508 e. The molecule has 2 aromatic rings. The zero-order chi connectivity index (χ0) is 13.7. The van der Waals surface area contributed by atoms with Gasteiger partial charge in [-0.3, -0.25) is 4.98 Å². The Balaban J connectivity index is 1.91. The molecular weight excluding hydrogens is 243 g/mol. The van der Waals surface area contributed by atoms with Gasteiger partial charge in [-0.1, -0.05) is 6.07 Å². The van der Waals surface area contributed by atoms with Crippen molar-refractivity contribution in [3.05, 3.63) is 59.7 Å². The monoisotopic (exact) mass is 260 g/mol. The van der Waals surface area contributed by atoms with Crippen LogP contribution in [0, 0.1) is 5.82 Å². The minimum atomic E-state index is -0.342. The molecule has 0 spiro atoms. The fourth-order valence-electron chi connectivity index (χ4n) is 1.94. The summed E-state index contributed by atoms with van der Waals surface area (Å²) in [5, 5.41) is 13.0. The summed E-state index contributed by atoms with van der Waals surface area (Å²) in [6.07, 6.45) is 2.55. The average molecular weight is 260 g/mol. The fraction of sp³-hybridized carbons (Fsp3) is 0.267. The summed E-state index contributed by atoms with van der Waals surface area (Å²) in [5.41, 5.74) is 1.58. The molecule has 2 N–H and O–H groups in total. The van der Waals surface area contributed by atoms with Crippen molar-refractivity contribution in [3.8, 4) is 5.75 Å². The van der Waals surface area contributed by atoms with Crippen molar-refractivity contribution in [2.24, 2.45) is 0 Å². The molecule has 1 atom stereocenters. The van der Waals surface area contributed by atoms with E-state index in [9.17, 15) is 9.50 Å². The molecule has 0 radical (unpaired) electrons. The topological polar surface area (TPSA) is 45.2 Å². The summed E-state index contributed by atoms with van der Waals surface area (Å²) in [7, 11) is 0. The molecule has 0 bridgehead atoms. The molecule has 19 heavy (non-hydrogen) atoms. The molecule has 1 aromatic heterocycles. The van der Waals surface area contributed by atoms with Crippen molar-refractivity contribution >= 4 is 0 Å². The number of hydrogen-bond acceptors (Lipinski definition) is 3. The molecule has 4 heteroatoms. The van der Waals surface area contributed by atoms with Crippen LogP contribution in [0.2, 0.25) is 0 Å². The highest BCUT2D eigenvalue weighted by Crippen LogP contribution is 2.24. The van der Waals surface area contributed by atoms with Gasteiger partial charge in [0.05, 0.1) is 0 Å². The number of aromatic nitrogens is 1. The highest BCUT2D eigenvalue weighted by atomic mass is 19.1. The van der Waals surface area contributed by atoms with E-state index < -0.39 is 0 Å². The predicted octanol–water partition coefficient (Wildman–Crippen LogP) is 2.82. The summed E-state index contributed by atoms with van der Waals surface area (Å²) in [4.78, 5) is 4.23. The molecular formula is C15H17FN2O. The Morgan fingerprint density at radius 3 is 2.89 bits per heavy atom. The molecule has 0 aliphatic rings. The smallest absolute Gasteiger partial charge is 0.123 e. The van der Waals surface area contributed by atoms with Gasteiger partial charge in [-0.2, -0.15) is 0 Å². The van der Waals surface area contributed by atoms with Crippen molar-refractivity contribution in [2.45, 2.75) is 19.4 Å². The quantitative estimate of drug-likeness (QED) is 0.869. The first-order valence-corrected chi connectivity index (χ1v) is 6.28. The van der Waals surface area contributed by atoms with Gasteiger partial charge in [0.1, 0.15) is 11.6 Å². The second-order valence-corrected chi connectivity index (χ2v) is 4.45. The molecule has 1 unspecified atom stereocenters. The van der Waals surface area contributed by atoms with Crippen molar-refractivity contribution in [1.29, 1.82) is 0 Å². The van der Waals surface area contributed by atoms with Crippen molar-refractivity contribution in [1.82, 2.24) is 10.3 Å². The van der Waals surface area contributed by atoms with Gasteiger partial charge in [-0.25, -0.2) is 4.39 Å². The van der Waals surface area contributed by atoms with Gasteiger partial charge in [-0.15, -0.1) is 0 Å². The van der Waals surface area contributed by atoms with E-state index in [2.05, 4.69) is 10.3 Å². The zero-order valence-electron chi connectivity index (χ0n) is 10.8. The van der Waals surface area contributed by atoms with Gasteiger partial charge in [-0.05, 0) is 37.3 Å². The number of phenols is 1. The van der Waals surface area contributed by atoms with E-state index in [0.29, 0.717) is 12.1 Å². The van der Waals surface area contributed by atoms with Crippen LogP contribution in [0.15, 0.2) is 42.6 Å². The lowest BCUT2D eigenvalue weighted by molar-refractivity contribution is 0.449. The molecule has 0 amide bonds. The molecule has 100 valence electrons. The van der Waals surface area contributed by atoms with E-state index in [1.807, 2.05) is 25.1 Å². The third-order valence-electron chi connectivity index (χ3n) is 3.01. The Hall–Kier alpha value is -1.94. The van der Waals surface area contributed by atoms with Crippen LogP contribution in [0.3, 0.4) is 0 Å². The lowest BCUT2D eigenvalue weighted by atomic mass is 10.1. The SMILES string of the molecule is CC(NCCc1ccccn1)c1cc(F)ccc1O. The summed E-state index contributed by atoms with van der Waals surface area (Å²) >= 11 is 0. The first-order valence-electron chi connectivity index (χ1n) is 6.28. The van der Waals surface area contributed by atoms with E-state index in [1.54, 1.807) is 6.20 Å². The number of benzene rings is 1. The van der Waals surface area contributed by atoms with Crippen LogP contribution in [0.1, 0.15) is 24.2 Å². The average Bonchev–Trinajstić information content (AvgIpc) is 2.42. The van der Waals surface area contributed by atoms with Crippen LogP contribution < -0.4 is 5.32 Å². The van der Waals surface area contributed by atoms with Crippen LogP contribution in [-0.4, -0.2) is 16.6 Å². The number of nitrogens with one attached hydrogen (secondary N) is 1. The highest BCUT2D eigenvalue weighted by molar-refractivity contribution is 5.34. The van der Waals surface area contributed by atoms with Crippen LogP contribution >= 0.6 is 0 Å². The van der Waals surface area contributed by atoms with Gasteiger partial charge < -0.3 is 10.4 Å². The molecule has 3 nitrogen and oxygen atoms in total. The number of rotatable bonds is 5. The van der Waals surface area contributed by atoms with Gasteiger partial charge in [0.15, 0.2) is 0 Å². The first kappa shape index (κ1) is 13.5. The fourth-order valence-corrected chi connectivity index (χ4v) is 1.94. The van der Waals surface area contributed by atoms with Crippen LogP contribution in [0.4, 0.5) is 4.39 Å². The number of hydrogen-bond donors (Lipinski definition) is 2. The maximum atomic E-state index is 13.1. The third-order valence-corrected chi connectivity index (χ3v) is 3.01. The number of nitrogens with zero attached hydrogens (tertiary/aromatic N) is 1. The Kier molecular flexibility index (Phi) is 4.47.